The van der Waals surface area contributed by atoms with E-state index in [1.54, 1.807) is 18.2 Å². The highest BCUT2D eigenvalue weighted by atomic mass is 16.7. The second-order valence-electron chi connectivity index (χ2n) is 18.1. The molecule has 1 heterocycles. The van der Waals surface area contributed by atoms with E-state index in [9.17, 15) is 34.5 Å². The highest BCUT2D eigenvalue weighted by Gasteiger charge is 2.50. The van der Waals surface area contributed by atoms with Gasteiger partial charge >= 0.3 is 23.9 Å². The van der Waals surface area contributed by atoms with Crippen LogP contribution in [0.1, 0.15) is 188 Å². The summed E-state index contributed by atoms with van der Waals surface area (Å²) in [7, 11) is 0. The number of carboxylic acids is 1. The Morgan fingerprint density at radius 2 is 0.849 bits per heavy atom. The number of esters is 3. The Labute approximate surface area is 439 Å². The normalized spacial score (nSPS) is 19.3. The molecule has 12 heteroatoms. The van der Waals surface area contributed by atoms with Crippen LogP contribution in [0.2, 0.25) is 0 Å². The monoisotopic (exact) mass is 1020 g/mol. The lowest BCUT2D eigenvalue weighted by Crippen LogP contribution is -2.61. The third-order valence-electron chi connectivity index (χ3n) is 11.6. The van der Waals surface area contributed by atoms with Crippen molar-refractivity contribution in [1.29, 1.82) is 0 Å². The summed E-state index contributed by atoms with van der Waals surface area (Å²) in [4.78, 5) is 50.8. The second kappa shape index (κ2) is 48.1. The minimum Gasteiger partial charge on any atom is -0.479 e. The van der Waals surface area contributed by atoms with Crippen molar-refractivity contribution in [2.75, 3.05) is 13.2 Å². The van der Waals surface area contributed by atoms with E-state index in [0.717, 1.165) is 70.6 Å². The fourth-order valence-corrected chi connectivity index (χ4v) is 7.46. The maximum Gasteiger partial charge on any atom is 0.335 e. The Bertz CT molecular complexity index is 1730. The molecule has 6 atom stereocenters. The molecule has 73 heavy (non-hydrogen) atoms. The van der Waals surface area contributed by atoms with Gasteiger partial charge in [0.25, 0.3) is 0 Å². The first kappa shape index (κ1) is 66.1. The number of carbonyl (C=O) groups excluding carboxylic acids is 3. The van der Waals surface area contributed by atoms with Crippen molar-refractivity contribution in [3.8, 4) is 0 Å². The molecule has 6 unspecified atom stereocenters. The van der Waals surface area contributed by atoms with Crippen molar-refractivity contribution < 1.29 is 58.2 Å². The molecule has 0 bridgehead atoms. The van der Waals surface area contributed by atoms with Crippen LogP contribution in [0.4, 0.5) is 0 Å². The number of aliphatic hydroxyl groups excluding tert-OH is 2. The lowest BCUT2D eigenvalue weighted by molar-refractivity contribution is -0.301. The predicted octanol–water partition coefficient (Wildman–Crippen LogP) is 13.7. The van der Waals surface area contributed by atoms with Crippen LogP contribution in [-0.2, 0) is 42.9 Å². The summed E-state index contributed by atoms with van der Waals surface area (Å²) in [6.45, 7) is 5.60. The zero-order chi connectivity index (χ0) is 53.3. The van der Waals surface area contributed by atoms with Crippen LogP contribution < -0.4 is 0 Å². The molecule has 3 N–H and O–H groups in total. The number of allylic oxidation sites excluding steroid dienone is 18. The van der Waals surface area contributed by atoms with Crippen LogP contribution >= 0.6 is 0 Å². The highest BCUT2D eigenvalue weighted by molar-refractivity contribution is 5.74. The van der Waals surface area contributed by atoms with Crippen molar-refractivity contribution in [1.82, 2.24) is 0 Å². The molecular weight excluding hydrogens is 925 g/mol. The van der Waals surface area contributed by atoms with Gasteiger partial charge in [0, 0.05) is 6.42 Å². The molecule has 12 nitrogen and oxygen atoms in total. The molecule has 0 aromatic rings. The molecule has 0 saturated carbocycles. The van der Waals surface area contributed by atoms with E-state index >= 15 is 0 Å². The summed E-state index contributed by atoms with van der Waals surface area (Å²) in [5, 5.41) is 31.4. The minimum absolute atomic E-state index is 0.0278. The first-order chi connectivity index (χ1) is 35.6. The largest absolute Gasteiger partial charge is 0.479 e. The lowest BCUT2D eigenvalue weighted by Gasteiger charge is -2.40. The van der Waals surface area contributed by atoms with Crippen LogP contribution in [0.25, 0.3) is 0 Å². The Morgan fingerprint density at radius 3 is 1.26 bits per heavy atom. The van der Waals surface area contributed by atoms with Crippen LogP contribution in [0, 0.1) is 0 Å². The number of carbonyl (C=O) groups is 4. The average Bonchev–Trinajstić information content (AvgIpc) is 3.37. The quantitative estimate of drug-likeness (QED) is 0.0228. The maximum atomic E-state index is 13.1. The summed E-state index contributed by atoms with van der Waals surface area (Å²) in [6.07, 6.45) is 53.7. The van der Waals surface area contributed by atoms with Crippen LogP contribution in [0.15, 0.2) is 122 Å². The van der Waals surface area contributed by atoms with Crippen molar-refractivity contribution in [2.24, 2.45) is 0 Å². The van der Waals surface area contributed by atoms with Crippen LogP contribution in [0.5, 0.6) is 0 Å². The van der Waals surface area contributed by atoms with E-state index in [-0.39, 0.29) is 25.9 Å². The van der Waals surface area contributed by atoms with Crippen molar-refractivity contribution in [3.63, 3.8) is 0 Å². The number of hydrogen-bond acceptors (Lipinski definition) is 11. The van der Waals surface area contributed by atoms with Gasteiger partial charge in [-0.25, -0.2) is 4.79 Å². The Hall–Kier alpha value is -4.88. The van der Waals surface area contributed by atoms with E-state index in [1.165, 1.54) is 57.8 Å². The van der Waals surface area contributed by atoms with E-state index < -0.39 is 67.3 Å². The molecule has 1 aliphatic heterocycles. The summed E-state index contributed by atoms with van der Waals surface area (Å²) < 4.78 is 28.1. The number of unbranched alkanes of at least 4 members (excludes halogenated alkanes) is 12. The average molecular weight is 1020 g/mol. The van der Waals surface area contributed by atoms with Gasteiger partial charge < -0.3 is 39.0 Å². The topological polar surface area (TPSA) is 175 Å². The molecule has 0 radical (unpaired) electrons. The molecule has 410 valence electrons. The van der Waals surface area contributed by atoms with Gasteiger partial charge in [0.2, 0.25) is 0 Å². The number of aliphatic hydroxyl groups is 2. The van der Waals surface area contributed by atoms with E-state index in [2.05, 4.69) is 99.8 Å². The smallest absolute Gasteiger partial charge is 0.335 e. The van der Waals surface area contributed by atoms with Gasteiger partial charge in [-0.2, -0.15) is 0 Å². The first-order valence-corrected chi connectivity index (χ1v) is 27.5. The van der Waals surface area contributed by atoms with Gasteiger partial charge in [0.1, 0.15) is 18.8 Å². The summed E-state index contributed by atoms with van der Waals surface area (Å²) in [5.74, 6) is -3.46. The number of aliphatic carboxylic acids is 1. The Balaban J connectivity index is 2.83. The first-order valence-electron chi connectivity index (χ1n) is 27.5. The van der Waals surface area contributed by atoms with Crippen LogP contribution in [-0.4, -0.2) is 89.2 Å². The zero-order valence-corrected chi connectivity index (χ0v) is 44.8. The van der Waals surface area contributed by atoms with Gasteiger partial charge in [0.15, 0.2) is 24.6 Å². The zero-order valence-electron chi connectivity index (χ0n) is 44.8. The minimum atomic E-state index is -1.95. The highest BCUT2D eigenvalue weighted by Crippen LogP contribution is 2.26. The van der Waals surface area contributed by atoms with E-state index in [1.807, 2.05) is 24.3 Å². The molecule has 0 amide bonds. The molecule has 1 rings (SSSR count). The van der Waals surface area contributed by atoms with Crippen molar-refractivity contribution >= 4 is 23.9 Å². The van der Waals surface area contributed by atoms with Gasteiger partial charge in [-0.05, 0) is 70.6 Å². The predicted molar refractivity (Wildman–Crippen MR) is 293 cm³/mol. The Kier molecular flexibility index (Phi) is 43.6. The Morgan fingerprint density at radius 1 is 0.466 bits per heavy atom. The summed E-state index contributed by atoms with van der Waals surface area (Å²) in [5.41, 5.74) is 0. The van der Waals surface area contributed by atoms with Gasteiger partial charge in [-0.15, -0.1) is 0 Å². The molecule has 0 spiro atoms. The van der Waals surface area contributed by atoms with E-state index in [0.29, 0.717) is 19.3 Å². The third kappa shape index (κ3) is 38.4. The molecule has 1 saturated heterocycles. The molecule has 1 aliphatic rings. The molecule has 1 fully saturated rings. The number of hydrogen-bond donors (Lipinski definition) is 3. The van der Waals surface area contributed by atoms with Crippen molar-refractivity contribution in [3.05, 3.63) is 122 Å². The fourth-order valence-electron chi connectivity index (χ4n) is 7.46. The van der Waals surface area contributed by atoms with Gasteiger partial charge in [0.05, 0.1) is 19.4 Å². The molecule has 0 aliphatic carbocycles. The third-order valence-corrected chi connectivity index (χ3v) is 11.6. The second-order valence-corrected chi connectivity index (χ2v) is 18.1. The standard InChI is InChI=1S/C61H94O12/c1-4-7-10-13-16-19-22-25-27-30-32-35-38-41-44-47-53(62)69-50-52(71-54(63)48-45-42-39-36-33-29-24-21-18-15-12-9-6-3)51-70-61-59(57(66)56(65)58(73-61)60(67)68)72-55(64)49-46-43-40-37-34-31-28-26-23-20-17-14-11-8-5-2/h7-8,10-11,16-17,19-20,25-28,32,34-35,37,41,43-44,46,52,56-59,61,65-66H,4-6,9,12-15,18,21-24,29-31,33,36,38-40,42,45,47-51H2,1-3H3,(H,67,68)/b10-7-,11-8-,19-16-,20-17-,27-25-,28-26-,35-32-,37-34-,44-41-,46-43-. The summed E-state index contributed by atoms with van der Waals surface area (Å²) in [6, 6.07) is 0. The van der Waals surface area contributed by atoms with Crippen LogP contribution in [0.3, 0.4) is 0 Å². The molecule has 0 aromatic carbocycles. The lowest BCUT2D eigenvalue weighted by atomic mass is 9.98. The van der Waals surface area contributed by atoms with E-state index in [4.69, 9.17) is 23.7 Å². The molecule has 0 aromatic heterocycles. The van der Waals surface area contributed by atoms with Gasteiger partial charge in [-0.1, -0.05) is 219 Å². The number of ether oxygens (including phenoxy) is 5. The number of rotatable bonds is 44. The number of carboxylic acid groups (broad SMARTS) is 1. The van der Waals surface area contributed by atoms with Gasteiger partial charge in [-0.3, -0.25) is 14.4 Å². The molecular formula is C61H94O12. The fraction of sp³-hybridized carbons (Fsp3) is 0.607. The summed E-state index contributed by atoms with van der Waals surface area (Å²) >= 11 is 0. The maximum absolute atomic E-state index is 13.1. The SMILES string of the molecule is CC/C=C\C/C=C\C/C=C\C/C=C\C/C=C\CC(=O)OCC(COC1OC(C(=O)O)C(O)C(O)C1OC(=O)C/C=C\C/C=C\C/C=C\C/C=C\C/C=C\CC)OC(=O)CCCCCCCCCCCCCCC. The van der Waals surface area contributed by atoms with Crippen molar-refractivity contribution in [2.45, 2.75) is 225 Å².